The average Bonchev–Trinajstić information content (AvgIpc) is 2.53. The van der Waals surface area contributed by atoms with Crippen LogP contribution in [0.5, 0.6) is 5.75 Å². The molecule has 1 aromatic rings. The standard InChI is InChI=1S/C19H31NO/c1-2-3-4-5-9-16-21-19-14-12-18(13-15-19)20-17-10-7-6-8-11-17/h12-15,17,20H,2-11,16H2,1H3. The van der Waals surface area contributed by atoms with Crippen LogP contribution in [0.1, 0.15) is 71.1 Å². The molecule has 1 N–H and O–H groups in total. The topological polar surface area (TPSA) is 21.3 Å². The Bertz CT molecular complexity index is 368. The van der Waals surface area contributed by atoms with Crippen LogP contribution >= 0.6 is 0 Å². The van der Waals surface area contributed by atoms with Crippen molar-refractivity contribution >= 4 is 5.69 Å². The van der Waals surface area contributed by atoms with Crippen molar-refractivity contribution < 1.29 is 4.74 Å². The molecule has 0 heterocycles. The van der Waals surface area contributed by atoms with Crippen LogP contribution < -0.4 is 10.1 Å². The predicted molar refractivity (Wildman–Crippen MR) is 91.2 cm³/mol. The third kappa shape index (κ3) is 6.41. The number of unbranched alkanes of at least 4 members (excludes halogenated alkanes) is 4. The molecule has 0 saturated heterocycles. The lowest BCUT2D eigenvalue weighted by atomic mass is 9.95. The van der Waals surface area contributed by atoms with Crippen LogP contribution in [0.4, 0.5) is 5.69 Å². The Morgan fingerprint density at radius 1 is 0.952 bits per heavy atom. The van der Waals surface area contributed by atoms with Gasteiger partial charge in [0.25, 0.3) is 0 Å². The van der Waals surface area contributed by atoms with E-state index < -0.39 is 0 Å². The maximum Gasteiger partial charge on any atom is 0.119 e. The smallest absolute Gasteiger partial charge is 0.119 e. The van der Waals surface area contributed by atoms with Crippen LogP contribution in [-0.4, -0.2) is 12.6 Å². The van der Waals surface area contributed by atoms with Crippen molar-refractivity contribution in [2.45, 2.75) is 77.2 Å². The zero-order valence-corrected chi connectivity index (χ0v) is 13.6. The lowest BCUT2D eigenvalue weighted by Crippen LogP contribution is -2.22. The number of anilines is 1. The molecular weight excluding hydrogens is 258 g/mol. The Kier molecular flexibility index (Phi) is 7.48. The zero-order valence-electron chi connectivity index (χ0n) is 13.6. The second-order valence-electron chi connectivity index (χ2n) is 6.27. The highest BCUT2D eigenvalue weighted by Crippen LogP contribution is 2.23. The summed E-state index contributed by atoms with van der Waals surface area (Å²) in [4.78, 5) is 0. The number of nitrogens with one attached hydrogen (secondary N) is 1. The molecule has 1 aliphatic carbocycles. The maximum atomic E-state index is 5.80. The molecule has 0 atom stereocenters. The van der Waals surface area contributed by atoms with Gasteiger partial charge in [-0.05, 0) is 43.5 Å². The van der Waals surface area contributed by atoms with Crippen LogP contribution in [0.15, 0.2) is 24.3 Å². The van der Waals surface area contributed by atoms with Gasteiger partial charge < -0.3 is 10.1 Å². The SMILES string of the molecule is CCCCCCCOc1ccc(NC2CCCCC2)cc1. The Hall–Kier alpha value is -1.18. The minimum Gasteiger partial charge on any atom is -0.494 e. The molecule has 0 unspecified atom stereocenters. The van der Waals surface area contributed by atoms with E-state index in [0.29, 0.717) is 6.04 Å². The molecule has 1 aliphatic rings. The Balaban J connectivity index is 1.64. The van der Waals surface area contributed by atoms with E-state index in [1.807, 2.05) is 0 Å². The lowest BCUT2D eigenvalue weighted by Gasteiger charge is -2.23. The summed E-state index contributed by atoms with van der Waals surface area (Å²) in [6.07, 6.45) is 13.2. The van der Waals surface area contributed by atoms with E-state index in [9.17, 15) is 0 Å². The first-order valence-electron chi connectivity index (χ1n) is 8.88. The molecule has 2 nitrogen and oxygen atoms in total. The highest BCUT2D eigenvalue weighted by atomic mass is 16.5. The Morgan fingerprint density at radius 3 is 2.38 bits per heavy atom. The summed E-state index contributed by atoms with van der Waals surface area (Å²) in [6, 6.07) is 9.17. The number of benzene rings is 1. The number of hydrogen-bond acceptors (Lipinski definition) is 2. The highest BCUT2D eigenvalue weighted by molar-refractivity contribution is 5.47. The molecule has 21 heavy (non-hydrogen) atoms. The monoisotopic (exact) mass is 289 g/mol. The number of hydrogen-bond donors (Lipinski definition) is 1. The Labute approximate surface area is 130 Å². The zero-order chi connectivity index (χ0) is 14.8. The van der Waals surface area contributed by atoms with Gasteiger partial charge in [0.15, 0.2) is 0 Å². The van der Waals surface area contributed by atoms with Crippen molar-refractivity contribution in [2.75, 3.05) is 11.9 Å². The molecule has 0 radical (unpaired) electrons. The van der Waals surface area contributed by atoms with Gasteiger partial charge in [-0.1, -0.05) is 51.9 Å². The fourth-order valence-corrected chi connectivity index (χ4v) is 3.03. The molecule has 2 heteroatoms. The first-order chi connectivity index (χ1) is 10.4. The van der Waals surface area contributed by atoms with Crippen molar-refractivity contribution in [3.63, 3.8) is 0 Å². The number of ether oxygens (including phenoxy) is 1. The molecular formula is C19H31NO. The second kappa shape index (κ2) is 9.70. The van der Waals surface area contributed by atoms with Gasteiger partial charge >= 0.3 is 0 Å². The van der Waals surface area contributed by atoms with Crippen LogP contribution in [0.2, 0.25) is 0 Å². The number of rotatable bonds is 9. The summed E-state index contributed by atoms with van der Waals surface area (Å²) in [5, 5.41) is 3.64. The lowest BCUT2D eigenvalue weighted by molar-refractivity contribution is 0.304. The highest BCUT2D eigenvalue weighted by Gasteiger charge is 2.12. The van der Waals surface area contributed by atoms with Gasteiger partial charge in [0.2, 0.25) is 0 Å². The summed E-state index contributed by atoms with van der Waals surface area (Å²) in [7, 11) is 0. The van der Waals surface area contributed by atoms with Crippen molar-refractivity contribution in [2.24, 2.45) is 0 Å². The van der Waals surface area contributed by atoms with Gasteiger partial charge in [-0.2, -0.15) is 0 Å². The molecule has 0 aromatic heterocycles. The summed E-state index contributed by atoms with van der Waals surface area (Å²) >= 11 is 0. The normalized spacial score (nSPS) is 15.9. The third-order valence-electron chi connectivity index (χ3n) is 4.35. The van der Waals surface area contributed by atoms with Gasteiger partial charge in [0.1, 0.15) is 5.75 Å². The summed E-state index contributed by atoms with van der Waals surface area (Å²) < 4.78 is 5.80. The van der Waals surface area contributed by atoms with Crippen molar-refractivity contribution in [1.29, 1.82) is 0 Å². The quantitative estimate of drug-likeness (QED) is 0.582. The fraction of sp³-hybridized carbons (Fsp3) is 0.684. The van der Waals surface area contributed by atoms with Crippen molar-refractivity contribution in [3.8, 4) is 5.75 Å². The summed E-state index contributed by atoms with van der Waals surface area (Å²) in [5.41, 5.74) is 1.23. The third-order valence-corrected chi connectivity index (χ3v) is 4.35. The van der Waals surface area contributed by atoms with Crippen LogP contribution in [-0.2, 0) is 0 Å². The summed E-state index contributed by atoms with van der Waals surface area (Å²) in [6.45, 7) is 3.10. The van der Waals surface area contributed by atoms with Crippen molar-refractivity contribution in [1.82, 2.24) is 0 Å². The van der Waals surface area contributed by atoms with Gasteiger partial charge in [-0.25, -0.2) is 0 Å². The maximum absolute atomic E-state index is 5.80. The fourth-order valence-electron chi connectivity index (χ4n) is 3.03. The van der Waals surface area contributed by atoms with E-state index in [2.05, 4.69) is 36.5 Å². The van der Waals surface area contributed by atoms with E-state index in [-0.39, 0.29) is 0 Å². The second-order valence-corrected chi connectivity index (χ2v) is 6.27. The van der Waals surface area contributed by atoms with Gasteiger partial charge in [-0.15, -0.1) is 0 Å². The molecule has 0 amide bonds. The Morgan fingerprint density at radius 2 is 1.67 bits per heavy atom. The molecule has 1 saturated carbocycles. The largest absolute Gasteiger partial charge is 0.494 e. The van der Waals surface area contributed by atoms with Crippen LogP contribution in [0.25, 0.3) is 0 Å². The minimum absolute atomic E-state index is 0.670. The molecule has 1 aromatic carbocycles. The van der Waals surface area contributed by atoms with E-state index in [4.69, 9.17) is 4.74 Å². The predicted octanol–water partition coefficient (Wildman–Crippen LogP) is 5.78. The minimum atomic E-state index is 0.670. The van der Waals surface area contributed by atoms with Gasteiger partial charge in [-0.3, -0.25) is 0 Å². The molecule has 0 spiro atoms. The molecule has 0 aliphatic heterocycles. The van der Waals surface area contributed by atoms with Crippen molar-refractivity contribution in [3.05, 3.63) is 24.3 Å². The molecule has 2 rings (SSSR count). The van der Waals surface area contributed by atoms with E-state index in [0.717, 1.165) is 12.4 Å². The molecule has 0 bridgehead atoms. The molecule has 1 fully saturated rings. The molecule has 118 valence electrons. The first kappa shape index (κ1) is 16.2. The first-order valence-corrected chi connectivity index (χ1v) is 8.88. The van der Waals surface area contributed by atoms with Gasteiger partial charge in [0.05, 0.1) is 6.61 Å². The van der Waals surface area contributed by atoms with E-state index >= 15 is 0 Å². The van der Waals surface area contributed by atoms with Crippen LogP contribution in [0, 0.1) is 0 Å². The average molecular weight is 289 g/mol. The summed E-state index contributed by atoms with van der Waals surface area (Å²) in [5.74, 6) is 1.000. The van der Waals surface area contributed by atoms with Gasteiger partial charge in [0, 0.05) is 11.7 Å². The van der Waals surface area contributed by atoms with E-state index in [1.165, 1.54) is 69.9 Å². The van der Waals surface area contributed by atoms with Crippen LogP contribution in [0.3, 0.4) is 0 Å². The van der Waals surface area contributed by atoms with E-state index in [1.54, 1.807) is 0 Å².